The second-order valence-corrected chi connectivity index (χ2v) is 4.87. The largest absolute Gasteiger partial charge is 0.480 e. The van der Waals surface area contributed by atoms with Crippen molar-refractivity contribution in [2.75, 3.05) is 7.11 Å². The van der Waals surface area contributed by atoms with Gasteiger partial charge in [-0.2, -0.15) is 0 Å². The zero-order chi connectivity index (χ0) is 14.5. The van der Waals surface area contributed by atoms with Gasteiger partial charge in [-0.15, -0.1) is 0 Å². The van der Waals surface area contributed by atoms with Crippen molar-refractivity contribution in [2.24, 2.45) is 0 Å². The Kier molecular flexibility index (Phi) is 4.75. The van der Waals surface area contributed by atoms with E-state index in [0.29, 0.717) is 11.4 Å². The predicted octanol–water partition coefficient (Wildman–Crippen LogP) is 2.55. The number of nitrogens with one attached hydrogen (secondary N) is 1. The van der Waals surface area contributed by atoms with E-state index >= 15 is 0 Å². The maximum atomic E-state index is 11.6. The number of rotatable bonds is 5. The normalized spacial score (nSPS) is 11.9. The Balaban J connectivity index is 2.26. The first-order valence-corrected chi connectivity index (χ1v) is 6.61. The maximum absolute atomic E-state index is 11.6. The number of carbonyl (C=O) groups is 1. The minimum atomic E-state index is -0.707. The summed E-state index contributed by atoms with van der Waals surface area (Å²) in [6, 6.07) is 7.13. The van der Waals surface area contributed by atoms with Crippen LogP contribution in [0.15, 0.2) is 39.5 Å². The Morgan fingerprint density at radius 3 is 2.90 bits per heavy atom. The highest BCUT2D eigenvalue weighted by Crippen LogP contribution is 2.32. The standard InChI is InChI=1S/C13H13BrN2O4/c1-8(13(17)16-18-2)20-12-4-3-9(14)7-10(12)11-5-6-19-15-11/h3-8H,1-2H3,(H,16,17)/t8-/m0/s1. The Labute approximate surface area is 124 Å². The highest BCUT2D eigenvalue weighted by molar-refractivity contribution is 9.10. The summed E-state index contributed by atoms with van der Waals surface area (Å²) in [6.45, 7) is 1.63. The van der Waals surface area contributed by atoms with Gasteiger partial charge in [0.2, 0.25) is 0 Å². The van der Waals surface area contributed by atoms with Crippen LogP contribution in [-0.4, -0.2) is 24.3 Å². The number of hydrogen-bond acceptors (Lipinski definition) is 5. The number of amides is 1. The number of aromatic nitrogens is 1. The fourth-order valence-electron chi connectivity index (χ4n) is 1.58. The van der Waals surface area contributed by atoms with Gasteiger partial charge in [0, 0.05) is 16.1 Å². The number of hydrogen-bond donors (Lipinski definition) is 1. The molecule has 0 saturated carbocycles. The molecule has 1 amide bonds. The first-order chi connectivity index (χ1) is 9.61. The molecule has 0 unspecified atom stereocenters. The van der Waals surface area contributed by atoms with Crippen LogP contribution in [0.25, 0.3) is 11.3 Å². The van der Waals surface area contributed by atoms with E-state index < -0.39 is 6.10 Å². The number of nitrogens with zero attached hydrogens (tertiary/aromatic N) is 1. The molecule has 106 valence electrons. The zero-order valence-electron chi connectivity index (χ0n) is 10.9. The molecule has 0 aliphatic heterocycles. The van der Waals surface area contributed by atoms with Gasteiger partial charge in [0.15, 0.2) is 6.10 Å². The lowest BCUT2D eigenvalue weighted by molar-refractivity contribution is -0.137. The summed E-state index contributed by atoms with van der Waals surface area (Å²) in [5.74, 6) is 0.155. The van der Waals surface area contributed by atoms with E-state index in [1.54, 1.807) is 19.1 Å². The Bertz CT molecular complexity index is 586. The SMILES string of the molecule is CONC(=O)[C@H](C)Oc1ccc(Br)cc1-c1ccon1. The van der Waals surface area contributed by atoms with Crippen LogP contribution in [0.3, 0.4) is 0 Å². The summed E-state index contributed by atoms with van der Waals surface area (Å²) in [6.07, 6.45) is 0.767. The first kappa shape index (κ1) is 14.5. The molecular weight excluding hydrogens is 328 g/mol. The molecule has 0 radical (unpaired) electrons. The van der Waals surface area contributed by atoms with Gasteiger partial charge < -0.3 is 9.26 Å². The van der Waals surface area contributed by atoms with Crippen LogP contribution < -0.4 is 10.2 Å². The van der Waals surface area contributed by atoms with Crippen LogP contribution in [0.5, 0.6) is 5.75 Å². The smallest absolute Gasteiger partial charge is 0.284 e. The Morgan fingerprint density at radius 2 is 2.25 bits per heavy atom. The number of ether oxygens (including phenoxy) is 1. The fraction of sp³-hybridized carbons (Fsp3) is 0.231. The van der Waals surface area contributed by atoms with E-state index in [1.807, 2.05) is 12.1 Å². The molecule has 0 aliphatic rings. The van der Waals surface area contributed by atoms with Gasteiger partial charge in [0.1, 0.15) is 17.7 Å². The van der Waals surface area contributed by atoms with Crippen molar-refractivity contribution in [1.29, 1.82) is 0 Å². The third-order valence-corrected chi connectivity index (χ3v) is 3.02. The first-order valence-electron chi connectivity index (χ1n) is 5.81. The molecule has 0 aliphatic carbocycles. The topological polar surface area (TPSA) is 73.6 Å². The second-order valence-electron chi connectivity index (χ2n) is 3.96. The molecule has 2 rings (SSSR count). The van der Waals surface area contributed by atoms with Crippen LogP contribution >= 0.6 is 15.9 Å². The average Bonchev–Trinajstić information content (AvgIpc) is 2.95. The van der Waals surface area contributed by atoms with Crippen molar-refractivity contribution in [3.8, 4) is 17.0 Å². The lowest BCUT2D eigenvalue weighted by Crippen LogP contribution is -2.35. The molecule has 1 heterocycles. The molecular formula is C13H13BrN2O4. The summed E-state index contributed by atoms with van der Waals surface area (Å²) in [5, 5.41) is 3.88. The summed E-state index contributed by atoms with van der Waals surface area (Å²) < 4.78 is 11.4. The lowest BCUT2D eigenvalue weighted by atomic mass is 10.1. The van der Waals surface area contributed by atoms with Gasteiger partial charge in [-0.05, 0) is 25.1 Å². The highest BCUT2D eigenvalue weighted by Gasteiger charge is 2.18. The number of benzene rings is 1. The summed E-state index contributed by atoms with van der Waals surface area (Å²) in [5.41, 5.74) is 3.58. The molecule has 0 saturated heterocycles. The molecule has 1 aromatic heterocycles. The maximum Gasteiger partial charge on any atom is 0.284 e. The van der Waals surface area contributed by atoms with Crippen LogP contribution in [-0.2, 0) is 9.63 Å². The molecule has 2 aromatic rings. The molecule has 7 heteroatoms. The van der Waals surface area contributed by atoms with Crippen molar-refractivity contribution in [3.05, 3.63) is 35.0 Å². The monoisotopic (exact) mass is 340 g/mol. The van der Waals surface area contributed by atoms with E-state index in [1.165, 1.54) is 13.4 Å². The van der Waals surface area contributed by atoms with E-state index in [2.05, 4.69) is 31.4 Å². The lowest BCUT2D eigenvalue weighted by Gasteiger charge is -2.16. The van der Waals surface area contributed by atoms with Crippen LogP contribution in [0.4, 0.5) is 0 Å². The minimum Gasteiger partial charge on any atom is -0.480 e. The third-order valence-electron chi connectivity index (χ3n) is 2.53. The molecule has 0 bridgehead atoms. The quantitative estimate of drug-likeness (QED) is 0.846. The van der Waals surface area contributed by atoms with Crippen LogP contribution in [0.1, 0.15) is 6.92 Å². The van der Waals surface area contributed by atoms with Gasteiger partial charge in [0.05, 0.1) is 7.11 Å². The van der Waals surface area contributed by atoms with Crippen molar-refractivity contribution in [1.82, 2.24) is 10.6 Å². The van der Waals surface area contributed by atoms with Gasteiger partial charge in [0.25, 0.3) is 5.91 Å². The van der Waals surface area contributed by atoms with Gasteiger partial charge in [-0.1, -0.05) is 21.1 Å². The summed E-state index contributed by atoms with van der Waals surface area (Å²) in [4.78, 5) is 16.2. The predicted molar refractivity (Wildman–Crippen MR) is 74.9 cm³/mol. The van der Waals surface area contributed by atoms with E-state index in [4.69, 9.17) is 9.26 Å². The number of carbonyl (C=O) groups excluding carboxylic acids is 1. The molecule has 6 nitrogen and oxygen atoms in total. The Morgan fingerprint density at radius 1 is 1.45 bits per heavy atom. The fourth-order valence-corrected chi connectivity index (χ4v) is 1.95. The van der Waals surface area contributed by atoms with E-state index in [0.717, 1.165) is 10.0 Å². The molecule has 0 fully saturated rings. The van der Waals surface area contributed by atoms with Gasteiger partial charge in [-0.3, -0.25) is 9.63 Å². The summed E-state index contributed by atoms with van der Waals surface area (Å²) in [7, 11) is 1.37. The molecule has 1 N–H and O–H groups in total. The minimum absolute atomic E-state index is 0.374. The Hall–Kier alpha value is -1.86. The third kappa shape index (κ3) is 3.37. The van der Waals surface area contributed by atoms with E-state index in [9.17, 15) is 4.79 Å². The molecule has 1 atom stereocenters. The molecule has 0 spiro atoms. The van der Waals surface area contributed by atoms with Crippen LogP contribution in [0.2, 0.25) is 0 Å². The van der Waals surface area contributed by atoms with Crippen molar-refractivity contribution >= 4 is 21.8 Å². The van der Waals surface area contributed by atoms with Gasteiger partial charge >= 0.3 is 0 Å². The molecule has 20 heavy (non-hydrogen) atoms. The molecule has 1 aromatic carbocycles. The summed E-state index contributed by atoms with van der Waals surface area (Å²) >= 11 is 3.39. The number of halogens is 1. The van der Waals surface area contributed by atoms with E-state index in [-0.39, 0.29) is 5.91 Å². The van der Waals surface area contributed by atoms with Crippen molar-refractivity contribution < 1.29 is 18.9 Å². The average molecular weight is 341 g/mol. The zero-order valence-corrected chi connectivity index (χ0v) is 12.5. The number of hydroxylamine groups is 1. The highest BCUT2D eigenvalue weighted by atomic mass is 79.9. The van der Waals surface area contributed by atoms with Crippen molar-refractivity contribution in [2.45, 2.75) is 13.0 Å². The van der Waals surface area contributed by atoms with Crippen LogP contribution in [0, 0.1) is 0 Å². The van der Waals surface area contributed by atoms with Crippen molar-refractivity contribution in [3.63, 3.8) is 0 Å². The van der Waals surface area contributed by atoms with Gasteiger partial charge in [-0.25, -0.2) is 5.48 Å². The second kappa shape index (κ2) is 6.53.